The molecule has 0 fully saturated rings. The number of ether oxygens (including phenoxy) is 1. The largest absolute Gasteiger partial charge is 0.450 e. The number of hydrogen-bond donors (Lipinski definition) is 1. The summed E-state index contributed by atoms with van der Waals surface area (Å²) in [7, 11) is -3.29. The summed E-state index contributed by atoms with van der Waals surface area (Å²) in [4.78, 5) is 15.6. The molecule has 0 heterocycles. The molecule has 0 saturated heterocycles. The third kappa shape index (κ3) is 4.02. The highest BCUT2D eigenvalue weighted by Gasteiger charge is 2.25. The van der Waals surface area contributed by atoms with E-state index < -0.39 is 16.3 Å². The maximum absolute atomic E-state index is 11.3. The van der Waals surface area contributed by atoms with Crippen LogP contribution in [0.2, 0.25) is 0 Å². The number of nitrogens with zero attached hydrogens (tertiary/aromatic N) is 1. The lowest BCUT2D eigenvalue weighted by Crippen LogP contribution is -2.40. The van der Waals surface area contributed by atoms with E-state index in [2.05, 4.69) is 4.84 Å². The van der Waals surface area contributed by atoms with Gasteiger partial charge in [-0.15, -0.1) is 0 Å². The van der Waals surface area contributed by atoms with Crippen molar-refractivity contribution in [2.24, 2.45) is 5.14 Å². The standard InChI is InChI=1S/C9H12N2O5S/c1-15-11(17(10,13)14)9(12)16-7-8-5-3-2-4-6-8/h2-6H,7H2,1H3,(H2,10,13,14). The van der Waals surface area contributed by atoms with Crippen molar-refractivity contribution in [1.29, 1.82) is 0 Å². The van der Waals surface area contributed by atoms with Crippen molar-refractivity contribution in [3.05, 3.63) is 35.9 Å². The zero-order chi connectivity index (χ0) is 12.9. The molecule has 0 atom stereocenters. The third-order valence-corrected chi connectivity index (χ3v) is 2.51. The lowest BCUT2D eigenvalue weighted by Gasteiger charge is -2.15. The number of nitrogens with two attached hydrogens (primary N) is 1. The van der Waals surface area contributed by atoms with E-state index in [0.717, 1.165) is 7.11 Å². The van der Waals surface area contributed by atoms with Crippen LogP contribution in [0.15, 0.2) is 30.3 Å². The van der Waals surface area contributed by atoms with E-state index in [1.54, 1.807) is 30.3 Å². The Labute approximate surface area is 98.9 Å². The van der Waals surface area contributed by atoms with E-state index in [4.69, 9.17) is 9.88 Å². The Morgan fingerprint density at radius 1 is 1.35 bits per heavy atom. The minimum atomic E-state index is -4.28. The molecule has 1 rings (SSSR count). The van der Waals surface area contributed by atoms with Crippen molar-refractivity contribution in [2.75, 3.05) is 7.11 Å². The number of hydroxylamine groups is 1. The molecule has 2 N–H and O–H groups in total. The van der Waals surface area contributed by atoms with Crippen molar-refractivity contribution < 1.29 is 22.8 Å². The van der Waals surface area contributed by atoms with Gasteiger partial charge in [-0.1, -0.05) is 34.8 Å². The Hall–Kier alpha value is -1.64. The van der Waals surface area contributed by atoms with Crippen LogP contribution in [0, 0.1) is 0 Å². The molecule has 0 radical (unpaired) electrons. The minimum Gasteiger partial charge on any atom is -0.442 e. The highest BCUT2D eigenvalue weighted by atomic mass is 32.2. The summed E-state index contributed by atoms with van der Waals surface area (Å²) < 4.78 is 26.5. The van der Waals surface area contributed by atoms with Gasteiger partial charge in [-0.05, 0) is 5.56 Å². The number of hydrogen-bond acceptors (Lipinski definition) is 5. The van der Waals surface area contributed by atoms with Gasteiger partial charge in [-0.2, -0.15) is 8.42 Å². The Morgan fingerprint density at radius 2 is 1.94 bits per heavy atom. The van der Waals surface area contributed by atoms with Crippen LogP contribution in [0.4, 0.5) is 4.79 Å². The molecular weight excluding hydrogens is 248 g/mol. The van der Waals surface area contributed by atoms with Gasteiger partial charge in [0, 0.05) is 0 Å². The average Bonchev–Trinajstić information content (AvgIpc) is 2.27. The van der Waals surface area contributed by atoms with Crippen molar-refractivity contribution in [3.63, 3.8) is 0 Å². The van der Waals surface area contributed by atoms with Crippen LogP contribution in [0.1, 0.15) is 5.56 Å². The second kappa shape index (κ2) is 5.62. The molecule has 1 aromatic carbocycles. The topological polar surface area (TPSA) is 98.9 Å². The molecule has 1 amide bonds. The van der Waals surface area contributed by atoms with E-state index in [1.165, 1.54) is 0 Å². The van der Waals surface area contributed by atoms with E-state index >= 15 is 0 Å². The van der Waals surface area contributed by atoms with Gasteiger partial charge in [0.05, 0.1) is 7.11 Å². The SMILES string of the molecule is CON(C(=O)OCc1ccccc1)S(N)(=O)=O. The molecule has 7 nitrogen and oxygen atoms in total. The molecule has 0 aliphatic rings. The molecular formula is C9H12N2O5S. The first-order chi connectivity index (χ1) is 7.95. The third-order valence-electron chi connectivity index (χ3n) is 1.75. The van der Waals surface area contributed by atoms with Gasteiger partial charge in [0.2, 0.25) is 0 Å². The number of amides is 1. The second-order valence-corrected chi connectivity index (χ2v) is 4.36. The fraction of sp³-hybridized carbons (Fsp3) is 0.222. The summed E-state index contributed by atoms with van der Waals surface area (Å²) in [5, 5.41) is 4.73. The molecule has 8 heteroatoms. The number of rotatable bonds is 4. The van der Waals surface area contributed by atoms with Crippen molar-refractivity contribution >= 4 is 16.3 Å². The summed E-state index contributed by atoms with van der Waals surface area (Å²) in [6.07, 6.45) is -1.20. The number of carbonyl (C=O) groups is 1. The molecule has 17 heavy (non-hydrogen) atoms. The van der Waals surface area contributed by atoms with Gasteiger partial charge in [0.15, 0.2) is 0 Å². The molecule has 0 aliphatic heterocycles. The van der Waals surface area contributed by atoms with E-state index in [9.17, 15) is 13.2 Å². The van der Waals surface area contributed by atoms with Crippen LogP contribution in [-0.4, -0.2) is 26.1 Å². The molecule has 0 saturated carbocycles. The molecule has 0 unspecified atom stereocenters. The maximum atomic E-state index is 11.3. The normalized spacial score (nSPS) is 10.9. The lowest BCUT2D eigenvalue weighted by molar-refractivity contribution is -0.0432. The predicted molar refractivity (Wildman–Crippen MR) is 58.6 cm³/mol. The number of benzene rings is 1. The van der Waals surface area contributed by atoms with Crippen LogP contribution < -0.4 is 5.14 Å². The fourth-order valence-corrected chi connectivity index (χ4v) is 1.52. The average molecular weight is 260 g/mol. The fourth-order valence-electron chi connectivity index (χ4n) is 1.05. The molecule has 0 bridgehead atoms. The Balaban J connectivity index is 2.61. The van der Waals surface area contributed by atoms with Gasteiger partial charge >= 0.3 is 16.3 Å². The Bertz CT molecular complexity index is 473. The second-order valence-electron chi connectivity index (χ2n) is 2.99. The van der Waals surface area contributed by atoms with Gasteiger partial charge in [0.25, 0.3) is 0 Å². The first-order valence-corrected chi connectivity index (χ1v) is 6.03. The van der Waals surface area contributed by atoms with Gasteiger partial charge in [-0.25, -0.2) is 9.93 Å². The zero-order valence-electron chi connectivity index (χ0n) is 9.07. The van der Waals surface area contributed by atoms with Crippen molar-refractivity contribution in [1.82, 2.24) is 4.47 Å². The van der Waals surface area contributed by atoms with Gasteiger partial charge in [0.1, 0.15) is 6.61 Å². The first kappa shape index (κ1) is 13.4. The molecule has 0 aromatic heterocycles. The highest BCUT2D eigenvalue weighted by molar-refractivity contribution is 7.87. The summed E-state index contributed by atoms with van der Waals surface area (Å²) in [5.74, 6) is 0. The summed E-state index contributed by atoms with van der Waals surface area (Å²) in [6.45, 7) is -0.0744. The molecule has 0 aliphatic carbocycles. The molecule has 0 spiro atoms. The smallest absolute Gasteiger partial charge is 0.442 e. The van der Waals surface area contributed by atoms with Crippen LogP contribution >= 0.6 is 0 Å². The van der Waals surface area contributed by atoms with E-state index in [-0.39, 0.29) is 11.1 Å². The van der Waals surface area contributed by atoms with Crippen LogP contribution in [0.25, 0.3) is 0 Å². The van der Waals surface area contributed by atoms with Crippen molar-refractivity contribution in [3.8, 4) is 0 Å². The van der Waals surface area contributed by atoms with Crippen LogP contribution in [0.3, 0.4) is 0 Å². The Kier molecular flexibility index (Phi) is 4.44. The van der Waals surface area contributed by atoms with Gasteiger partial charge < -0.3 is 4.74 Å². The maximum Gasteiger partial charge on any atom is 0.450 e. The minimum absolute atomic E-state index is 0.0318. The zero-order valence-corrected chi connectivity index (χ0v) is 9.88. The summed E-state index contributed by atoms with van der Waals surface area (Å²) in [6, 6.07) is 8.77. The predicted octanol–water partition coefficient (Wildman–Crippen LogP) is 0.390. The molecule has 94 valence electrons. The first-order valence-electron chi connectivity index (χ1n) is 4.53. The summed E-state index contributed by atoms with van der Waals surface area (Å²) >= 11 is 0. The van der Waals surface area contributed by atoms with Gasteiger partial charge in [-0.3, -0.25) is 4.84 Å². The van der Waals surface area contributed by atoms with Crippen molar-refractivity contribution in [2.45, 2.75) is 6.61 Å². The van der Waals surface area contributed by atoms with Crippen LogP contribution in [0.5, 0.6) is 0 Å². The monoisotopic (exact) mass is 260 g/mol. The molecule has 1 aromatic rings. The van der Waals surface area contributed by atoms with Crippen LogP contribution in [-0.2, 0) is 26.4 Å². The quantitative estimate of drug-likeness (QED) is 0.789. The summed E-state index contributed by atoms with van der Waals surface area (Å²) in [5.41, 5.74) is 0.714. The highest BCUT2D eigenvalue weighted by Crippen LogP contribution is 2.04. The van der Waals surface area contributed by atoms with E-state index in [1.807, 2.05) is 0 Å². The number of carbonyl (C=O) groups excluding carboxylic acids is 1. The Morgan fingerprint density at radius 3 is 2.41 bits per heavy atom. The van der Waals surface area contributed by atoms with E-state index in [0.29, 0.717) is 5.56 Å². The lowest BCUT2D eigenvalue weighted by atomic mass is 10.2.